The highest BCUT2D eigenvalue weighted by Crippen LogP contribution is 2.21. The standard InChI is InChI=1S/C36H37F/c1-3-4-6-9-32-23-25-35(36(37)27-32)24-22-31-16-14-29(15-17-31)12-13-30-18-20-33(21-19-30)26-28(2)34-10-7-5-8-11-34/h3-5,7-8,10-11,14-25,27-28H,6,9,12-13,26H2,1-2H3/b4-3+,24-22?/t28-/m1/s1. The molecule has 0 fully saturated rings. The van der Waals surface area contributed by atoms with Gasteiger partial charge in [0.2, 0.25) is 0 Å². The van der Waals surface area contributed by atoms with Crippen LogP contribution < -0.4 is 0 Å². The molecule has 0 saturated heterocycles. The molecule has 0 aliphatic rings. The summed E-state index contributed by atoms with van der Waals surface area (Å²) in [5.41, 5.74) is 8.20. The van der Waals surface area contributed by atoms with Crippen molar-refractivity contribution in [1.29, 1.82) is 0 Å². The van der Waals surface area contributed by atoms with Crippen molar-refractivity contribution >= 4 is 12.2 Å². The van der Waals surface area contributed by atoms with Crippen molar-refractivity contribution in [3.63, 3.8) is 0 Å². The van der Waals surface area contributed by atoms with Gasteiger partial charge in [-0.05, 0) is 84.4 Å². The van der Waals surface area contributed by atoms with Crippen LogP contribution in [0.25, 0.3) is 12.2 Å². The molecular formula is C36H37F. The predicted molar refractivity (Wildman–Crippen MR) is 157 cm³/mol. The van der Waals surface area contributed by atoms with Crippen LogP contribution in [0, 0.1) is 5.82 Å². The molecule has 188 valence electrons. The smallest absolute Gasteiger partial charge is 0.130 e. The minimum absolute atomic E-state index is 0.161. The van der Waals surface area contributed by atoms with Crippen molar-refractivity contribution in [2.24, 2.45) is 0 Å². The Morgan fingerprint density at radius 1 is 0.676 bits per heavy atom. The molecule has 0 radical (unpaired) electrons. The lowest BCUT2D eigenvalue weighted by molar-refractivity contribution is 0.622. The summed E-state index contributed by atoms with van der Waals surface area (Å²) in [6.07, 6.45) is 12.9. The van der Waals surface area contributed by atoms with Crippen LogP contribution >= 0.6 is 0 Å². The van der Waals surface area contributed by atoms with Crippen molar-refractivity contribution in [1.82, 2.24) is 0 Å². The molecule has 0 nitrogen and oxygen atoms in total. The molecule has 4 aromatic carbocycles. The van der Waals surface area contributed by atoms with Crippen molar-refractivity contribution in [3.8, 4) is 0 Å². The summed E-state index contributed by atoms with van der Waals surface area (Å²) in [4.78, 5) is 0. The van der Waals surface area contributed by atoms with E-state index in [2.05, 4.69) is 91.9 Å². The molecule has 0 heterocycles. The van der Waals surface area contributed by atoms with Crippen molar-refractivity contribution in [2.45, 2.75) is 51.9 Å². The third kappa shape index (κ3) is 8.15. The van der Waals surface area contributed by atoms with Gasteiger partial charge in [-0.25, -0.2) is 4.39 Å². The predicted octanol–water partition coefficient (Wildman–Crippen LogP) is 9.64. The highest BCUT2D eigenvalue weighted by Gasteiger charge is 2.06. The second-order valence-electron chi connectivity index (χ2n) is 9.87. The van der Waals surface area contributed by atoms with Crippen molar-refractivity contribution in [3.05, 3.63) is 154 Å². The first-order valence-electron chi connectivity index (χ1n) is 13.4. The molecule has 0 amide bonds. The topological polar surface area (TPSA) is 0 Å². The number of halogens is 1. The molecule has 0 aliphatic heterocycles. The summed E-state index contributed by atoms with van der Waals surface area (Å²) in [6.45, 7) is 4.30. The van der Waals surface area contributed by atoms with Gasteiger partial charge in [-0.1, -0.05) is 122 Å². The van der Waals surface area contributed by atoms with Crippen LogP contribution in [0.5, 0.6) is 0 Å². The Morgan fingerprint density at radius 3 is 1.95 bits per heavy atom. The van der Waals surface area contributed by atoms with Gasteiger partial charge < -0.3 is 0 Å². The fourth-order valence-electron chi connectivity index (χ4n) is 4.64. The zero-order valence-corrected chi connectivity index (χ0v) is 22.0. The van der Waals surface area contributed by atoms with Crippen LogP contribution in [0.2, 0.25) is 0 Å². The van der Waals surface area contributed by atoms with Crippen LogP contribution in [-0.2, 0) is 25.7 Å². The number of allylic oxidation sites excluding steroid dienone is 2. The highest BCUT2D eigenvalue weighted by molar-refractivity contribution is 5.70. The molecule has 37 heavy (non-hydrogen) atoms. The molecule has 1 heteroatoms. The Kier molecular flexibility index (Phi) is 9.66. The molecular weight excluding hydrogens is 451 g/mol. The van der Waals surface area contributed by atoms with Gasteiger partial charge in [-0.3, -0.25) is 0 Å². The lowest BCUT2D eigenvalue weighted by atomic mass is 9.93. The lowest BCUT2D eigenvalue weighted by Crippen LogP contribution is -1.99. The molecule has 0 aliphatic carbocycles. The van der Waals surface area contributed by atoms with E-state index in [0.717, 1.165) is 43.2 Å². The highest BCUT2D eigenvalue weighted by atomic mass is 19.1. The first-order chi connectivity index (χ1) is 18.1. The summed E-state index contributed by atoms with van der Waals surface area (Å²) < 4.78 is 14.5. The van der Waals surface area contributed by atoms with Gasteiger partial charge in [-0.2, -0.15) is 0 Å². The fraction of sp³-hybridized carbons (Fsp3) is 0.222. The Balaban J connectivity index is 1.27. The van der Waals surface area contributed by atoms with Crippen LogP contribution in [0.4, 0.5) is 4.39 Å². The van der Waals surface area contributed by atoms with Gasteiger partial charge in [0.05, 0.1) is 0 Å². The van der Waals surface area contributed by atoms with Gasteiger partial charge >= 0.3 is 0 Å². The van der Waals surface area contributed by atoms with Gasteiger partial charge in [0.25, 0.3) is 0 Å². The number of rotatable bonds is 11. The van der Waals surface area contributed by atoms with Crippen LogP contribution in [0.15, 0.2) is 109 Å². The van der Waals surface area contributed by atoms with E-state index in [1.807, 2.05) is 37.3 Å². The van der Waals surface area contributed by atoms with Crippen molar-refractivity contribution < 1.29 is 4.39 Å². The summed E-state index contributed by atoms with van der Waals surface area (Å²) in [6, 6.07) is 33.9. The lowest BCUT2D eigenvalue weighted by Gasteiger charge is -2.12. The monoisotopic (exact) mass is 488 g/mol. The second-order valence-corrected chi connectivity index (χ2v) is 9.87. The maximum Gasteiger partial charge on any atom is 0.130 e. The number of hydrogen-bond donors (Lipinski definition) is 0. The van der Waals surface area contributed by atoms with Gasteiger partial charge in [-0.15, -0.1) is 0 Å². The second kappa shape index (κ2) is 13.6. The molecule has 0 N–H and O–H groups in total. The zero-order chi connectivity index (χ0) is 25.9. The van der Waals surface area contributed by atoms with E-state index in [0.29, 0.717) is 11.5 Å². The first-order valence-corrected chi connectivity index (χ1v) is 13.4. The minimum Gasteiger partial charge on any atom is -0.206 e. The average molecular weight is 489 g/mol. The average Bonchev–Trinajstić information content (AvgIpc) is 2.93. The molecule has 0 unspecified atom stereocenters. The largest absolute Gasteiger partial charge is 0.206 e. The summed E-state index contributed by atoms with van der Waals surface area (Å²) in [5, 5.41) is 0. The van der Waals surface area contributed by atoms with E-state index in [-0.39, 0.29) is 5.82 Å². The SMILES string of the molecule is C/C=C/CCc1ccc(C=Cc2ccc(CCc3ccc(C[C@@H](C)c4ccccc4)cc3)cc2)c(F)c1. The molecule has 0 saturated carbocycles. The summed E-state index contributed by atoms with van der Waals surface area (Å²) in [5.74, 6) is 0.357. The minimum atomic E-state index is -0.161. The maximum absolute atomic E-state index is 14.5. The van der Waals surface area contributed by atoms with Gasteiger partial charge in [0.1, 0.15) is 5.82 Å². The number of aryl methyl sites for hydroxylation is 3. The van der Waals surface area contributed by atoms with E-state index in [4.69, 9.17) is 0 Å². The fourth-order valence-corrected chi connectivity index (χ4v) is 4.64. The van der Waals surface area contributed by atoms with E-state index < -0.39 is 0 Å². The van der Waals surface area contributed by atoms with E-state index >= 15 is 0 Å². The number of benzene rings is 4. The van der Waals surface area contributed by atoms with Gasteiger partial charge in [0.15, 0.2) is 0 Å². The normalized spacial score (nSPS) is 12.4. The van der Waals surface area contributed by atoms with Crippen LogP contribution in [0.3, 0.4) is 0 Å². The quantitative estimate of drug-likeness (QED) is 0.146. The van der Waals surface area contributed by atoms with E-state index in [1.165, 1.54) is 22.3 Å². The summed E-state index contributed by atoms with van der Waals surface area (Å²) >= 11 is 0. The Morgan fingerprint density at radius 2 is 1.30 bits per heavy atom. The van der Waals surface area contributed by atoms with Crippen LogP contribution in [0.1, 0.15) is 65.1 Å². The Bertz CT molecular complexity index is 1300. The first kappa shape index (κ1) is 26.4. The van der Waals surface area contributed by atoms with E-state index in [9.17, 15) is 4.39 Å². The van der Waals surface area contributed by atoms with Crippen molar-refractivity contribution in [2.75, 3.05) is 0 Å². The number of hydrogen-bond acceptors (Lipinski definition) is 0. The Hall–Kier alpha value is -3.71. The maximum atomic E-state index is 14.5. The van der Waals surface area contributed by atoms with Gasteiger partial charge in [0, 0.05) is 5.56 Å². The zero-order valence-electron chi connectivity index (χ0n) is 22.0. The molecule has 0 spiro atoms. The molecule has 4 aromatic rings. The third-order valence-electron chi connectivity index (χ3n) is 6.97. The summed E-state index contributed by atoms with van der Waals surface area (Å²) in [7, 11) is 0. The molecule has 0 aromatic heterocycles. The Labute approximate surface area is 222 Å². The third-order valence-corrected chi connectivity index (χ3v) is 6.97. The van der Waals surface area contributed by atoms with E-state index in [1.54, 1.807) is 6.07 Å². The molecule has 4 rings (SSSR count). The molecule has 0 bridgehead atoms. The molecule has 1 atom stereocenters. The van der Waals surface area contributed by atoms with Crippen LogP contribution in [-0.4, -0.2) is 0 Å².